The van der Waals surface area contributed by atoms with Crippen LogP contribution < -0.4 is 10.9 Å². The Bertz CT molecular complexity index is 799. The molecule has 0 saturated heterocycles. The standard InChI is InChI=1S/C14H12N4O2/c19-13-8-12(17-9-10-4-1-2-6-15-10)11-5-3-7-16-14(11)18(13)20/h1-8,17,20H,9H2. The molecule has 0 aliphatic rings. The first-order valence-electron chi connectivity index (χ1n) is 6.09. The molecule has 0 aromatic carbocycles. The zero-order valence-electron chi connectivity index (χ0n) is 10.5. The minimum absolute atomic E-state index is 0.225. The van der Waals surface area contributed by atoms with Gasteiger partial charge in [0.25, 0.3) is 5.56 Å². The zero-order chi connectivity index (χ0) is 13.9. The molecule has 100 valence electrons. The van der Waals surface area contributed by atoms with Gasteiger partial charge < -0.3 is 10.5 Å². The molecule has 3 heterocycles. The fourth-order valence-corrected chi connectivity index (χ4v) is 1.98. The van der Waals surface area contributed by atoms with Gasteiger partial charge >= 0.3 is 0 Å². The van der Waals surface area contributed by atoms with Crippen LogP contribution in [0.25, 0.3) is 11.0 Å². The maximum atomic E-state index is 11.7. The monoisotopic (exact) mass is 268 g/mol. The van der Waals surface area contributed by atoms with E-state index < -0.39 is 5.56 Å². The highest BCUT2D eigenvalue weighted by Crippen LogP contribution is 2.19. The number of hydrogen-bond acceptors (Lipinski definition) is 5. The number of fused-ring (bicyclic) bond motifs is 1. The Morgan fingerprint density at radius 1 is 1.15 bits per heavy atom. The maximum absolute atomic E-state index is 11.7. The Kier molecular flexibility index (Phi) is 3.04. The van der Waals surface area contributed by atoms with Crippen molar-refractivity contribution in [1.82, 2.24) is 14.7 Å². The van der Waals surface area contributed by atoms with Crippen molar-refractivity contribution in [3.8, 4) is 0 Å². The predicted molar refractivity (Wildman–Crippen MR) is 74.8 cm³/mol. The van der Waals surface area contributed by atoms with E-state index in [0.717, 1.165) is 5.69 Å². The lowest BCUT2D eigenvalue weighted by atomic mass is 10.2. The van der Waals surface area contributed by atoms with E-state index in [4.69, 9.17) is 0 Å². The second kappa shape index (κ2) is 5.00. The summed E-state index contributed by atoms with van der Waals surface area (Å²) in [5.74, 6) is 0. The van der Waals surface area contributed by atoms with Crippen molar-refractivity contribution in [1.29, 1.82) is 0 Å². The third-order valence-electron chi connectivity index (χ3n) is 2.94. The van der Waals surface area contributed by atoms with Crippen LogP contribution in [0, 0.1) is 0 Å². The highest BCUT2D eigenvalue weighted by Gasteiger charge is 2.08. The Morgan fingerprint density at radius 3 is 2.80 bits per heavy atom. The summed E-state index contributed by atoms with van der Waals surface area (Å²) in [6, 6.07) is 10.5. The van der Waals surface area contributed by atoms with Crippen LogP contribution in [0.2, 0.25) is 0 Å². The quantitative estimate of drug-likeness (QED) is 0.706. The van der Waals surface area contributed by atoms with Crippen LogP contribution >= 0.6 is 0 Å². The van der Waals surface area contributed by atoms with Crippen LogP contribution in [0.1, 0.15) is 5.69 Å². The van der Waals surface area contributed by atoms with Crippen LogP contribution in [0.3, 0.4) is 0 Å². The lowest BCUT2D eigenvalue weighted by Crippen LogP contribution is -2.19. The van der Waals surface area contributed by atoms with Gasteiger partial charge in [-0.05, 0) is 24.3 Å². The van der Waals surface area contributed by atoms with Crippen LogP contribution in [-0.4, -0.2) is 19.9 Å². The largest absolute Gasteiger partial charge is 0.423 e. The Labute approximate surface area is 114 Å². The first-order chi connectivity index (χ1) is 9.75. The molecule has 6 nitrogen and oxygen atoms in total. The molecule has 3 aromatic heterocycles. The van der Waals surface area contributed by atoms with Crippen LogP contribution in [0.15, 0.2) is 53.6 Å². The third-order valence-corrected chi connectivity index (χ3v) is 2.94. The average Bonchev–Trinajstić information content (AvgIpc) is 2.50. The second-order valence-corrected chi connectivity index (χ2v) is 4.26. The molecule has 20 heavy (non-hydrogen) atoms. The average molecular weight is 268 g/mol. The van der Waals surface area contributed by atoms with Crippen molar-refractivity contribution in [2.75, 3.05) is 5.32 Å². The van der Waals surface area contributed by atoms with Crippen molar-refractivity contribution in [3.05, 3.63) is 64.8 Å². The van der Waals surface area contributed by atoms with E-state index in [1.165, 1.54) is 12.3 Å². The van der Waals surface area contributed by atoms with Gasteiger partial charge in [-0.1, -0.05) is 6.07 Å². The molecule has 6 heteroatoms. The molecular weight excluding hydrogens is 256 g/mol. The summed E-state index contributed by atoms with van der Waals surface area (Å²) in [4.78, 5) is 19.9. The fraction of sp³-hybridized carbons (Fsp3) is 0.0714. The lowest BCUT2D eigenvalue weighted by molar-refractivity contribution is 0.187. The summed E-state index contributed by atoms with van der Waals surface area (Å²) in [6.07, 6.45) is 3.24. The van der Waals surface area contributed by atoms with Crippen molar-refractivity contribution >= 4 is 16.7 Å². The van der Waals surface area contributed by atoms with Gasteiger partial charge in [-0.15, -0.1) is 4.73 Å². The highest BCUT2D eigenvalue weighted by atomic mass is 16.5. The Hall–Kier alpha value is -2.89. The van der Waals surface area contributed by atoms with Crippen LogP contribution in [0.5, 0.6) is 0 Å². The number of hydrogen-bond donors (Lipinski definition) is 2. The third kappa shape index (κ3) is 2.18. The predicted octanol–water partition coefficient (Wildman–Crippen LogP) is 1.64. The van der Waals surface area contributed by atoms with E-state index >= 15 is 0 Å². The van der Waals surface area contributed by atoms with Crippen LogP contribution in [0.4, 0.5) is 5.69 Å². The minimum atomic E-state index is -0.528. The molecule has 3 rings (SSSR count). The molecule has 0 aliphatic carbocycles. The van der Waals surface area contributed by atoms with E-state index in [1.54, 1.807) is 18.3 Å². The van der Waals surface area contributed by atoms with Crippen molar-refractivity contribution in [2.24, 2.45) is 0 Å². The van der Waals surface area contributed by atoms with Gasteiger partial charge in [0.1, 0.15) is 0 Å². The topological polar surface area (TPSA) is 80.0 Å². The number of pyridine rings is 3. The maximum Gasteiger partial charge on any atom is 0.286 e. The van der Waals surface area contributed by atoms with Crippen molar-refractivity contribution in [3.63, 3.8) is 0 Å². The van der Waals surface area contributed by atoms with Gasteiger partial charge in [0.15, 0.2) is 5.65 Å². The molecule has 0 spiro atoms. The summed E-state index contributed by atoms with van der Waals surface area (Å²) >= 11 is 0. The highest BCUT2D eigenvalue weighted by molar-refractivity contribution is 5.88. The van der Waals surface area contributed by atoms with Crippen molar-refractivity contribution < 1.29 is 5.21 Å². The summed E-state index contributed by atoms with van der Waals surface area (Å²) in [7, 11) is 0. The molecule has 0 fully saturated rings. The van der Waals surface area contributed by atoms with E-state index in [2.05, 4.69) is 15.3 Å². The van der Waals surface area contributed by atoms with Crippen molar-refractivity contribution in [2.45, 2.75) is 6.54 Å². The number of nitrogens with zero attached hydrogens (tertiary/aromatic N) is 3. The molecule has 0 bridgehead atoms. The van der Waals surface area contributed by atoms with E-state index in [-0.39, 0.29) is 5.65 Å². The molecule has 2 N–H and O–H groups in total. The molecule has 0 amide bonds. The number of nitrogens with one attached hydrogen (secondary N) is 1. The number of rotatable bonds is 3. The molecular formula is C14H12N4O2. The van der Waals surface area contributed by atoms with Gasteiger partial charge in [0.2, 0.25) is 0 Å². The van der Waals surface area contributed by atoms with Gasteiger partial charge in [-0.25, -0.2) is 4.98 Å². The second-order valence-electron chi connectivity index (χ2n) is 4.26. The lowest BCUT2D eigenvalue weighted by Gasteiger charge is -2.10. The Morgan fingerprint density at radius 2 is 2.00 bits per heavy atom. The van der Waals surface area contributed by atoms with Gasteiger partial charge in [-0.2, -0.15) is 0 Å². The summed E-state index contributed by atoms with van der Waals surface area (Å²) < 4.78 is 0.543. The van der Waals surface area contributed by atoms with Crippen LogP contribution in [-0.2, 0) is 6.54 Å². The molecule has 0 unspecified atom stereocenters. The van der Waals surface area contributed by atoms with Gasteiger partial charge in [-0.3, -0.25) is 9.78 Å². The van der Waals surface area contributed by atoms with Gasteiger partial charge in [0.05, 0.1) is 17.9 Å². The SMILES string of the molecule is O=c1cc(NCc2ccccn2)c2cccnc2n1O. The summed E-state index contributed by atoms with van der Waals surface area (Å²) in [6.45, 7) is 0.486. The molecule has 0 atom stereocenters. The first kappa shape index (κ1) is 12.2. The fourth-order valence-electron chi connectivity index (χ4n) is 1.98. The molecule has 0 aliphatic heterocycles. The van der Waals surface area contributed by atoms with Gasteiger partial charge in [0, 0.05) is 23.8 Å². The smallest absolute Gasteiger partial charge is 0.286 e. The number of anilines is 1. The molecule has 0 radical (unpaired) electrons. The van der Waals surface area contributed by atoms with E-state index in [0.29, 0.717) is 22.3 Å². The first-order valence-corrected chi connectivity index (χ1v) is 6.09. The van der Waals surface area contributed by atoms with E-state index in [9.17, 15) is 10.0 Å². The molecule has 3 aromatic rings. The zero-order valence-corrected chi connectivity index (χ0v) is 10.5. The summed E-state index contributed by atoms with van der Waals surface area (Å²) in [5, 5.41) is 13.5. The van der Waals surface area contributed by atoms with E-state index in [1.807, 2.05) is 18.2 Å². The summed E-state index contributed by atoms with van der Waals surface area (Å²) in [5.41, 5.74) is 1.18. The minimum Gasteiger partial charge on any atom is -0.423 e. The molecule has 0 saturated carbocycles. The number of aromatic nitrogens is 3. The normalized spacial score (nSPS) is 10.6. The Balaban J connectivity index is 2.00.